The molecule has 2 saturated heterocycles. The minimum absolute atomic E-state index is 0.0135. The third kappa shape index (κ3) is 4.20. The molecule has 168 valence electrons. The molecule has 1 aromatic carbocycles. The second-order valence-electron chi connectivity index (χ2n) is 7.86. The zero-order chi connectivity index (χ0) is 22.7. The molecule has 32 heavy (non-hydrogen) atoms. The zero-order valence-corrected chi connectivity index (χ0v) is 17.8. The maximum absolute atomic E-state index is 14.4. The third-order valence-corrected chi connectivity index (χ3v) is 5.96. The number of nitrogens with zero attached hydrogens (tertiary/aromatic N) is 4. The highest BCUT2D eigenvalue weighted by molar-refractivity contribution is 6.00. The highest BCUT2D eigenvalue weighted by Gasteiger charge is 2.48. The van der Waals surface area contributed by atoms with Crippen LogP contribution in [-0.2, 0) is 20.7 Å². The quantitative estimate of drug-likeness (QED) is 0.669. The van der Waals surface area contributed by atoms with E-state index < -0.39 is 23.8 Å². The average molecular weight is 440 g/mol. The Hall–Kier alpha value is -3.33. The van der Waals surface area contributed by atoms with Crippen molar-refractivity contribution in [2.75, 3.05) is 39.9 Å². The molecule has 2 aliphatic rings. The predicted octanol–water partition coefficient (Wildman–Crippen LogP) is 0.974. The summed E-state index contributed by atoms with van der Waals surface area (Å²) in [6, 6.07) is 10.2. The molecule has 0 saturated carbocycles. The monoisotopic (exact) mass is 440 g/mol. The highest BCUT2D eigenvalue weighted by Crippen LogP contribution is 2.26. The fourth-order valence-corrected chi connectivity index (χ4v) is 4.28. The Morgan fingerprint density at radius 3 is 2.62 bits per heavy atom. The number of amides is 3. The maximum atomic E-state index is 14.4. The summed E-state index contributed by atoms with van der Waals surface area (Å²) in [5, 5.41) is 0. The molecule has 3 heterocycles. The maximum Gasteiger partial charge on any atom is 0.276 e. The lowest BCUT2D eigenvalue weighted by Crippen LogP contribution is -2.70. The van der Waals surface area contributed by atoms with E-state index >= 15 is 0 Å². The fourth-order valence-electron chi connectivity index (χ4n) is 4.28. The molecule has 4 rings (SSSR count). The smallest absolute Gasteiger partial charge is 0.276 e. The Bertz CT molecular complexity index is 1000. The molecular formula is C23H25FN4O4. The normalized spacial score (nSPS) is 21.0. The van der Waals surface area contributed by atoms with Gasteiger partial charge >= 0.3 is 0 Å². The molecule has 2 aromatic rings. The molecule has 1 aromatic heterocycles. The van der Waals surface area contributed by atoms with E-state index in [1.54, 1.807) is 16.9 Å². The van der Waals surface area contributed by atoms with Crippen LogP contribution in [0.25, 0.3) is 0 Å². The number of fused-ring (bicyclic) bond motifs is 1. The highest BCUT2D eigenvalue weighted by atomic mass is 19.1. The van der Waals surface area contributed by atoms with E-state index in [1.807, 2.05) is 30.3 Å². The van der Waals surface area contributed by atoms with Gasteiger partial charge in [-0.15, -0.1) is 0 Å². The molecule has 2 aliphatic heterocycles. The number of ether oxygens (including phenoxy) is 1. The van der Waals surface area contributed by atoms with Crippen LogP contribution in [0.4, 0.5) is 4.39 Å². The SMILES string of the molecule is COCCN1CCN2C(=O)[C@H](Cc3ccccc3)N(C(=O)c3ncccc3F)C[C@H]2C1=O. The van der Waals surface area contributed by atoms with E-state index in [1.165, 1.54) is 17.2 Å². The average Bonchev–Trinajstić information content (AvgIpc) is 2.81. The van der Waals surface area contributed by atoms with E-state index in [-0.39, 0.29) is 30.5 Å². The Kier molecular flexibility index (Phi) is 6.45. The van der Waals surface area contributed by atoms with E-state index in [9.17, 15) is 18.8 Å². The van der Waals surface area contributed by atoms with Crippen molar-refractivity contribution in [2.24, 2.45) is 0 Å². The molecule has 8 nitrogen and oxygen atoms in total. The van der Waals surface area contributed by atoms with Crippen molar-refractivity contribution in [3.8, 4) is 0 Å². The molecule has 2 atom stereocenters. The summed E-state index contributed by atoms with van der Waals surface area (Å²) >= 11 is 0. The largest absolute Gasteiger partial charge is 0.383 e. The van der Waals surface area contributed by atoms with Crippen molar-refractivity contribution in [3.63, 3.8) is 0 Å². The fraction of sp³-hybridized carbons (Fsp3) is 0.391. The van der Waals surface area contributed by atoms with E-state index in [4.69, 9.17) is 4.74 Å². The molecule has 0 radical (unpaired) electrons. The van der Waals surface area contributed by atoms with Gasteiger partial charge in [-0.25, -0.2) is 9.37 Å². The van der Waals surface area contributed by atoms with E-state index in [0.29, 0.717) is 26.2 Å². The van der Waals surface area contributed by atoms with Gasteiger partial charge in [-0.1, -0.05) is 30.3 Å². The van der Waals surface area contributed by atoms with Crippen LogP contribution >= 0.6 is 0 Å². The first-order valence-corrected chi connectivity index (χ1v) is 10.5. The van der Waals surface area contributed by atoms with E-state index in [0.717, 1.165) is 11.6 Å². The van der Waals surface area contributed by atoms with Gasteiger partial charge in [-0.3, -0.25) is 14.4 Å². The summed E-state index contributed by atoms with van der Waals surface area (Å²) < 4.78 is 19.4. The van der Waals surface area contributed by atoms with Crippen molar-refractivity contribution < 1.29 is 23.5 Å². The molecular weight excluding hydrogens is 415 g/mol. The van der Waals surface area contributed by atoms with Gasteiger partial charge in [0.15, 0.2) is 11.5 Å². The number of pyridine rings is 1. The Balaban J connectivity index is 1.66. The van der Waals surface area contributed by atoms with Crippen LogP contribution in [0.15, 0.2) is 48.7 Å². The van der Waals surface area contributed by atoms with Crippen molar-refractivity contribution in [3.05, 3.63) is 65.7 Å². The Labute approximate surface area is 185 Å². The number of carbonyl (C=O) groups is 3. The molecule has 0 unspecified atom stereocenters. The summed E-state index contributed by atoms with van der Waals surface area (Å²) in [5.74, 6) is -2.00. The van der Waals surface area contributed by atoms with Crippen molar-refractivity contribution in [2.45, 2.75) is 18.5 Å². The van der Waals surface area contributed by atoms with Crippen molar-refractivity contribution in [1.82, 2.24) is 19.7 Å². The van der Waals surface area contributed by atoms with Crippen molar-refractivity contribution >= 4 is 17.7 Å². The number of hydrogen-bond acceptors (Lipinski definition) is 5. The molecule has 0 bridgehead atoms. The first kappa shape index (κ1) is 21.9. The van der Waals surface area contributed by atoms with Gasteiger partial charge in [0, 0.05) is 39.4 Å². The summed E-state index contributed by atoms with van der Waals surface area (Å²) in [7, 11) is 1.56. The zero-order valence-electron chi connectivity index (χ0n) is 17.8. The van der Waals surface area contributed by atoms with Gasteiger partial charge in [0.05, 0.1) is 13.2 Å². The molecule has 2 fully saturated rings. The molecule has 0 N–H and O–H groups in total. The van der Waals surface area contributed by atoms with Crippen LogP contribution in [0.5, 0.6) is 0 Å². The molecule has 3 amide bonds. The Morgan fingerprint density at radius 1 is 1.12 bits per heavy atom. The van der Waals surface area contributed by atoms with Gasteiger partial charge < -0.3 is 19.4 Å². The van der Waals surface area contributed by atoms with Gasteiger partial charge in [0.2, 0.25) is 11.8 Å². The first-order valence-electron chi connectivity index (χ1n) is 10.5. The van der Waals surface area contributed by atoms with E-state index in [2.05, 4.69) is 4.98 Å². The number of methoxy groups -OCH3 is 1. The van der Waals surface area contributed by atoms with Crippen molar-refractivity contribution in [1.29, 1.82) is 0 Å². The summed E-state index contributed by atoms with van der Waals surface area (Å²) in [6.45, 7) is 1.56. The topological polar surface area (TPSA) is 83.1 Å². The summed E-state index contributed by atoms with van der Waals surface area (Å²) in [5.41, 5.74) is 0.514. The van der Waals surface area contributed by atoms with Crippen LogP contribution in [-0.4, -0.2) is 89.4 Å². The van der Waals surface area contributed by atoms with Gasteiger partial charge in [-0.05, 0) is 17.7 Å². The number of benzene rings is 1. The lowest BCUT2D eigenvalue weighted by Gasteiger charge is -2.49. The third-order valence-electron chi connectivity index (χ3n) is 5.96. The Morgan fingerprint density at radius 2 is 1.91 bits per heavy atom. The van der Waals surface area contributed by atoms with Gasteiger partial charge in [0.1, 0.15) is 12.1 Å². The van der Waals surface area contributed by atoms with Crippen LogP contribution in [0.2, 0.25) is 0 Å². The number of aromatic nitrogens is 1. The lowest BCUT2D eigenvalue weighted by molar-refractivity contribution is -0.160. The van der Waals surface area contributed by atoms with Crippen LogP contribution in [0.1, 0.15) is 16.1 Å². The second kappa shape index (κ2) is 9.44. The molecule has 0 spiro atoms. The van der Waals surface area contributed by atoms with Crippen LogP contribution in [0.3, 0.4) is 0 Å². The molecule has 0 aliphatic carbocycles. The number of hydrogen-bond donors (Lipinski definition) is 0. The molecule has 9 heteroatoms. The second-order valence-corrected chi connectivity index (χ2v) is 7.86. The number of piperazine rings is 2. The minimum atomic E-state index is -0.846. The minimum Gasteiger partial charge on any atom is -0.383 e. The van der Waals surface area contributed by atoms with Crippen LogP contribution in [0, 0.1) is 5.82 Å². The number of rotatable bonds is 6. The number of halogens is 1. The first-order chi connectivity index (χ1) is 15.5. The lowest BCUT2D eigenvalue weighted by atomic mass is 9.96. The summed E-state index contributed by atoms with van der Waals surface area (Å²) in [6.07, 6.45) is 1.60. The van der Waals surface area contributed by atoms with Crippen LogP contribution < -0.4 is 0 Å². The standard InChI is InChI=1S/C23H25FN4O4/c1-32-13-12-26-10-11-27-19(21(26)29)15-28(23(31)20-17(24)8-5-9-25-20)18(22(27)30)14-16-6-3-2-4-7-16/h2-9,18-19H,10-15H2,1H3/t18-,19-/m0/s1. The number of carbonyl (C=O) groups excluding carboxylic acids is 3. The summed E-state index contributed by atoms with van der Waals surface area (Å²) in [4.78, 5) is 48.3. The van der Waals surface area contributed by atoms with Gasteiger partial charge in [0.25, 0.3) is 5.91 Å². The predicted molar refractivity (Wildman–Crippen MR) is 113 cm³/mol. The van der Waals surface area contributed by atoms with Gasteiger partial charge in [-0.2, -0.15) is 0 Å².